The first-order valence-electron chi connectivity index (χ1n) is 8.99. The van der Waals surface area contributed by atoms with Crippen LogP contribution >= 0.6 is 0 Å². The predicted molar refractivity (Wildman–Crippen MR) is 103 cm³/mol. The van der Waals surface area contributed by atoms with Gasteiger partial charge in [-0.2, -0.15) is 0 Å². The number of nitrogens with zero attached hydrogens (tertiary/aromatic N) is 2. The standard InChI is InChI=1S/C21H23N3O2/c1-13-7-9-18-17(11-13)15-5-4-6-16(20(15)23-18)21(25)24(2)14-8-10-19(26-3)22-12-14/h4-6,8,10,12-13,23H,7,9,11H2,1-3H3/t13-/m0/s1. The minimum atomic E-state index is -0.0470. The van der Waals surface area contributed by atoms with Crippen LogP contribution < -0.4 is 9.64 Å². The molecule has 5 nitrogen and oxygen atoms in total. The summed E-state index contributed by atoms with van der Waals surface area (Å²) in [7, 11) is 3.35. The molecule has 5 heteroatoms. The summed E-state index contributed by atoms with van der Waals surface area (Å²) in [6, 6.07) is 9.58. The van der Waals surface area contributed by atoms with Gasteiger partial charge in [-0.15, -0.1) is 0 Å². The molecule has 26 heavy (non-hydrogen) atoms. The van der Waals surface area contributed by atoms with Gasteiger partial charge in [-0.25, -0.2) is 4.98 Å². The van der Waals surface area contributed by atoms with E-state index in [0.29, 0.717) is 17.4 Å². The van der Waals surface area contributed by atoms with Crippen molar-refractivity contribution in [3.8, 4) is 5.88 Å². The van der Waals surface area contributed by atoms with E-state index in [1.165, 1.54) is 23.1 Å². The predicted octanol–water partition coefficient (Wildman–Crippen LogP) is 3.97. The second-order valence-corrected chi connectivity index (χ2v) is 7.08. The summed E-state index contributed by atoms with van der Waals surface area (Å²) in [4.78, 5) is 22.5. The van der Waals surface area contributed by atoms with Gasteiger partial charge in [-0.3, -0.25) is 4.79 Å². The summed E-state index contributed by atoms with van der Waals surface area (Å²) < 4.78 is 5.09. The minimum absolute atomic E-state index is 0.0470. The first kappa shape index (κ1) is 16.6. The monoisotopic (exact) mass is 349 g/mol. The van der Waals surface area contributed by atoms with Crippen molar-refractivity contribution in [2.24, 2.45) is 5.92 Å². The molecule has 1 amide bonds. The number of aryl methyl sites for hydroxylation is 1. The van der Waals surface area contributed by atoms with Crippen molar-refractivity contribution in [3.05, 3.63) is 53.3 Å². The van der Waals surface area contributed by atoms with Crippen molar-refractivity contribution in [3.63, 3.8) is 0 Å². The molecule has 134 valence electrons. The fraction of sp³-hybridized carbons (Fsp3) is 0.333. The zero-order valence-electron chi connectivity index (χ0n) is 15.4. The number of aromatic nitrogens is 2. The Bertz CT molecular complexity index is 959. The van der Waals surface area contributed by atoms with E-state index in [4.69, 9.17) is 4.74 Å². The van der Waals surface area contributed by atoms with Gasteiger partial charge < -0.3 is 14.6 Å². The number of carbonyl (C=O) groups is 1. The molecule has 0 bridgehead atoms. The summed E-state index contributed by atoms with van der Waals surface area (Å²) in [6.45, 7) is 2.29. The molecule has 1 aliphatic rings. The lowest BCUT2D eigenvalue weighted by Gasteiger charge is -2.18. The quantitative estimate of drug-likeness (QED) is 0.778. The number of rotatable bonds is 3. The number of fused-ring (bicyclic) bond motifs is 3. The lowest BCUT2D eigenvalue weighted by Crippen LogP contribution is -2.26. The molecule has 1 N–H and O–H groups in total. The number of amides is 1. The molecule has 0 spiro atoms. The molecule has 0 unspecified atom stereocenters. The molecule has 0 fully saturated rings. The number of hydrogen-bond acceptors (Lipinski definition) is 3. The normalized spacial score (nSPS) is 16.3. The highest BCUT2D eigenvalue weighted by Gasteiger charge is 2.23. The van der Waals surface area contributed by atoms with Crippen LogP contribution in [0.1, 0.15) is 35.0 Å². The van der Waals surface area contributed by atoms with Crippen molar-refractivity contribution in [2.75, 3.05) is 19.1 Å². The van der Waals surface area contributed by atoms with E-state index in [1.807, 2.05) is 18.2 Å². The maximum Gasteiger partial charge on any atom is 0.260 e. The number of nitrogens with one attached hydrogen (secondary N) is 1. The van der Waals surface area contributed by atoms with Crippen LogP contribution in [0.15, 0.2) is 36.5 Å². The Hall–Kier alpha value is -2.82. The lowest BCUT2D eigenvalue weighted by molar-refractivity contribution is 0.0994. The highest BCUT2D eigenvalue weighted by molar-refractivity contribution is 6.13. The number of hydrogen-bond donors (Lipinski definition) is 1. The lowest BCUT2D eigenvalue weighted by atomic mass is 9.87. The van der Waals surface area contributed by atoms with Gasteiger partial charge in [-0.05, 0) is 42.9 Å². The zero-order valence-corrected chi connectivity index (χ0v) is 15.4. The minimum Gasteiger partial charge on any atom is -0.481 e. The largest absolute Gasteiger partial charge is 0.481 e. The summed E-state index contributed by atoms with van der Waals surface area (Å²) >= 11 is 0. The Kier molecular flexibility index (Phi) is 4.15. The van der Waals surface area contributed by atoms with Crippen molar-refractivity contribution < 1.29 is 9.53 Å². The maximum absolute atomic E-state index is 13.1. The first-order valence-corrected chi connectivity index (χ1v) is 8.99. The molecule has 1 atom stereocenters. The van der Waals surface area contributed by atoms with E-state index in [1.54, 1.807) is 31.3 Å². The number of methoxy groups -OCH3 is 1. The SMILES string of the molecule is COc1ccc(N(C)C(=O)c2cccc3c4c([nH]c23)CC[C@H](C)C4)cn1. The van der Waals surface area contributed by atoms with Crippen LogP contribution in [-0.4, -0.2) is 30.0 Å². The molecule has 0 aliphatic heterocycles. The van der Waals surface area contributed by atoms with Gasteiger partial charge in [0, 0.05) is 24.2 Å². The number of para-hydroxylation sites is 1. The van der Waals surface area contributed by atoms with Crippen LogP contribution in [0.4, 0.5) is 5.69 Å². The third-order valence-corrected chi connectivity index (χ3v) is 5.32. The van der Waals surface area contributed by atoms with Gasteiger partial charge in [-0.1, -0.05) is 19.1 Å². The molecular weight excluding hydrogens is 326 g/mol. The Morgan fingerprint density at radius 1 is 1.31 bits per heavy atom. The Morgan fingerprint density at radius 3 is 2.88 bits per heavy atom. The maximum atomic E-state index is 13.1. The van der Waals surface area contributed by atoms with Gasteiger partial charge in [0.1, 0.15) is 0 Å². The van der Waals surface area contributed by atoms with Gasteiger partial charge >= 0.3 is 0 Å². The summed E-state index contributed by atoms with van der Waals surface area (Å²) in [6.07, 6.45) is 4.97. The second-order valence-electron chi connectivity index (χ2n) is 7.08. The Labute approximate surface area is 153 Å². The highest BCUT2D eigenvalue weighted by Crippen LogP contribution is 2.33. The third-order valence-electron chi connectivity index (χ3n) is 5.32. The molecule has 2 aromatic heterocycles. The number of aromatic amines is 1. The summed E-state index contributed by atoms with van der Waals surface area (Å²) in [5.41, 5.74) is 5.04. The van der Waals surface area contributed by atoms with Crippen LogP contribution in [0.3, 0.4) is 0 Å². The van der Waals surface area contributed by atoms with Crippen LogP contribution in [0, 0.1) is 5.92 Å². The van der Waals surface area contributed by atoms with E-state index in [2.05, 4.69) is 23.0 Å². The van der Waals surface area contributed by atoms with E-state index in [9.17, 15) is 4.79 Å². The fourth-order valence-corrected chi connectivity index (χ4v) is 3.78. The van der Waals surface area contributed by atoms with Gasteiger partial charge in [0.2, 0.25) is 5.88 Å². The van der Waals surface area contributed by atoms with Gasteiger partial charge in [0.05, 0.1) is 30.1 Å². The molecule has 1 aromatic carbocycles. The summed E-state index contributed by atoms with van der Waals surface area (Å²) in [5.74, 6) is 1.17. The van der Waals surface area contributed by atoms with Crippen molar-refractivity contribution in [1.82, 2.24) is 9.97 Å². The van der Waals surface area contributed by atoms with E-state index >= 15 is 0 Å². The molecule has 1 aliphatic carbocycles. The molecule has 0 saturated carbocycles. The van der Waals surface area contributed by atoms with Crippen molar-refractivity contribution >= 4 is 22.5 Å². The molecule has 0 saturated heterocycles. The van der Waals surface area contributed by atoms with Crippen molar-refractivity contribution in [1.29, 1.82) is 0 Å². The topological polar surface area (TPSA) is 58.2 Å². The number of ether oxygens (including phenoxy) is 1. The highest BCUT2D eigenvalue weighted by atomic mass is 16.5. The molecule has 2 heterocycles. The fourth-order valence-electron chi connectivity index (χ4n) is 3.78. The third kappa shape index (κ3) is 2.73. The van der Waals surface area contributed by atoms with Gasteiger partial charge in [0.15, 0.2) is 0 Å². The number of pyridine rings is 1. The average molecular weight is 349 g/mol. The molecule has 0 radical (unpaired) electrons. The number of carbonyl (C=O) groups excluding carboxylic acids is 1. The van der Waals surface area contributed by atoms with Crippen LogP contribution in [0.5, 0.6) is 5.88 Å². The zero-order chi connectivity index (χ0) is 18.3. The van der Waals surface area contributed by atoms with E-state index in [0.717, 1.165) is 24.0 Å². The number of benzene rings is 1. The van der Waals surface area contributed by atoms with Crippen LogP contribution in [0.25, 0.3) is 10.9 Å². The van der Waals surface area contributed by atoms with Crippen molar-refractivity contribution in [2.45, 2.75) is 26.2 Å². The average Bonchev–Trinajstić information content (AvgIpc) is 3.05. The van der Waals surface area contributed by atoms with E-state index in [-0.39, 0.29) is 5.91 Å². The van der Waals surface area contributed by atoms with Crippen LogP contribution in [0.2, 0.25) is 0 Å². The summed E-state index contributed by atoms with van der Waals surface area (Å²) in [5, 5.41) is 1.18. The van der Waals surface area contributed by atoms with Gasteiger partial charge in [0.25, 0.3) is 5.91 Å². The smallest absolute Gasteiger partial charge is 0.260 e. The molecular formula is C21H23N3O2. The van der Waals surface area contributed by atoms with Crippen LogP contribution in [-0.2, 0) is 12.8 Å². The Balaban J connectivity index is 1.72. The second kappa shape index (κ2) is 6.48. The van der Waals surface area contributed by atoms with E-state index < -0.39 is 0 Å². The molecule has 3 aromatic rings. The molecule has 4 rings (SSSR count). The number of anilines is 1. The Morgan fingerprint density at radius 2 is 2.15 bits per heavy atom. The first-order chi connectivity index (χ1) is 12.6. The number of H-pyrrole nitrogens is 1.